The lowest BCUT2D eigenvalue weighted by molar-refractivity contribution is 0.242. The van der Waals surface area contributed by atoms with Crippen LogP contribution in [0.15, 0.2) is 41.4 Å². The minimum atomic E-state index is -3.69. The Balaban J connectivity index is 2.31. The van der Waals surface area contributed by atoms with Crippen LogP contribution in [-0.4, -0.2) is 23.7 Å². The largest absolute Gasteiger partial charge is 0.491 e. The highest BCUT2D eigenvalue weighted by atomic mass is 32.2. The molecule has 0 fully saturated rings. The molecule has 2 rings (SSSR count). The molecular formula is C12H15N3O3S. The number of nitrogens with two attached hydrogens (primary N) is 1. The van der Waals surface area contributed by atoms with Gasteiger partial charge in [-0.25, -0.2) is 0 Å². The molecule has 2 aromatic rings. The van der Waals surface area contributed by atoms with E-state index in [1.54, 1.807) is 12.1 Å². The zero-order valence-corrected chi connectivity index (χ0v) is 11.5. The summed E-state index contributed by atoms with van der Waals surface area (Å²) in [6.45, 7) is 3.80. The standard InChI is InChI=1S/C12H15N3O3S/c1-9(2)18-10-3-5-11(6-4-10)19(16,17)15-8-7-12(13)14-15/h3-9H,1-2H3,(H2,13,14). The maximum absolute atomic E-state index is 12.2. The molecular weight excluding hydrogens is 266 g/mol. The topological polar surface area (TPSA) is 87.2 Å². The van der Waals surface area contributed by atoms with E-state index in [-0.39, 0.29) is 16.8 Å². The van der Waals surface area contributed by atoms with Crippen molar-refractivity contribution in [3.63, 3.8) is 0 Å². The highest BCUT2D eigenvalue weighted by Crippen LogP contribution is 2.19. The molecule has 1 aromatic carbocycles. The van der Waals surface area contributed by atoms with Gasteiger partial charge in [-0.15, -0.1) is 5.10 Å². The van der Waals surface area contributed by atoms with Crippen LogP contribution in [0.3, 0.4) is 0 Å². The van der Waals surface area contributed by atoms with Gasteiger partial charge in [0.1, 0.15) is 11.6 Å². The van der Waals surface area contributed by atoms with Crippen molar-refractivity contribution >= 4 is 15.8 Å². The molecule has 102 valence electrons. The van der Waals surface area contributed by atoms with Crippen LogP contribution in [0.4, 0.5) is 5.82 Å². The van der Waals surface area contributed by atoms with Crippen LogP contribution in [0.5, 0.6) is 5.75 Å². The highest BCUT2D eigenvalue weighted by Gasteiger charge is 2.17. The van der Waals surface area contributed by atoms with Gasteiger partial charge in [-0.3, -0.25) is 0 Å². The molecule has 0 aliphatic rings. The fourth-order valence-electron chi connectivity index (χ4n) is 1.52. The van der Waals surface area contributed by atoms with Gasteiger partial charge in [-0.2, -0.15) is 12.5 Å². The zero-order chi connectivity index (χ0) is 14.0. The molecule has 0 atom stereocenters. The van der Waals surface area contributed by atoms with Gasteiger partial charge in [0.15, 0.2) is 0 Å². The highest BCUT2D eigenvalue weighted by molar-refractivity contribution is 7.89. The number of rotatable bonds is 4. The number of ether oxygens (including phenoxy) is 1. The van der Waals surface area contributed by atoms with Crippen LogP contribution < -0.4 is 10.5 Å². The summed E-state index contributed by atoms with van der Waals surface area (Å²) in [7, 11) is -3.69. The first-order valence-corrected chi connectivity index (χ1v) is 7.17. The van der Waals surface area contributed by atoms with Crippen molar-refractivity contribution in [2.75, 3.05) is 5.73 Å². The smallest absolute Gasteiger partial charge is 0.283 e. The molecule has 1 heterocycles. The Bertz CT molecular complexity index is 660. The molecule has 1 aromatic heterocycles. The van der Waals surface area contributed by atoms with Gasteiger partial charge in [-0.1, -0.05) is 0 Å². The summed E-state index contributed by atoms with van der Waals surface area (Å²) in [5, 5.41) is 3.70. The van der Waals surface area contributed by atoms with Crippen LogP contribution >= 0.6 is 0 Å². The van der Waals surface area contributed by atoms with Gasteiger partial charge in [0.05, 0.1) is 11.0 Å². The summed E-state index contributed by atoms with van der Waals surface area (Å²) >= 11 is 0. The van der Waals surface area contributed by atoms with Crippen LogP contribution in [0.25, 0.3) is 0 Å². The predicted octanol–water partition coefficient (Wildman–Crippen LogP) is 1.49. The fraction of sp³-hybridized carbons (Fsp3) is 0.250. The van der Waals surface area contributed by atoms with Crippen LogP contribution in [0.2, 0.25) is 0 Å². The molecule has 0 bridgehead atoms. The van der Waals surface area contributed by atoms with E-state index in [0.29, 0.717) is 5.75 Å². The maximum Gasteiger partial charge on any atom is 0.283 e. The number of anilines is 1. The number of nitrogen functional groups attached to an aromatic ring is 1. The second-order valence-electron chi connectivity index (χ2n) is 4.26. The lowest BCUT2D eigenvalue weighted by atomic mass is 10.3. The Morgan fingerprint density at radius 3 is 2.32 bits per heavy atom. The third-order valence-electron chi connectivity index (χ3n) is 2.33. The Hall–Kier alpha value is -2.02. The van der Waals surface area contributed by atoms with E-state index in [1.807, 2.05) is 13.8 Å². The van der Waals surface area contributed by atoms with Gasteiger partial charge in [-0.05, 0) is 38.1 Å². The van der Waals surface area contributed by atoms with E-state index in [4.69, 9.17) is 10.5 Å². The van der Waals surface area contributed by atoms with E-state index in [9.17, 15) is 8.42 Å². The summed E-state index contributed by atoms with van der Waals surface area (Å²) in [4.78, 5) is 0.131. The number of nitrogens with zero attached hydrogens (tertiary/aromatic N) is 2. The van der Waals surface area contributed by atoms with Crippen LogP contribution in [0.1, 0.15) is 13.8 Å². The van der Waals surface area contributed by atoms with Gasteiger partial charge in [0.2, 0.25) is 0 Å². The van der Waals surface area contributed by atoms with Gasteiger partial charge in [0, 0.05) is 12.3 Å². The van der Waals surface area contributed by atoms with Crippen molar-refractivity contribution in [1.82, 2.24) is 9.19 Å². The minimum absolute atomic E-state index is 0.0355. The third kappa shape index (κ3) is 2.87. The van der Waals surface area contributed by atoms with Crippen molar-refractivity contribution in [3.05, 3.63) is 36.5 Å². The van der Waals surface area contributed by atoms with Crippen LogP contribution in [0, 0.1) is 0 Å². The molecule has 0 aliphatic heterocycles. The Morgan fingerprint density at radius 2 is 1.84 bits per heavy atom. The van der Waals surface area contributed by atoms with Crippen molar-refractivity contribution < 1.29 is 13.2 Å². The average Bonchev–Trinajstić information content (AvgIpc) is 2.76. The summed E-state index contributed by atoms with van der Waals surface area (Å²) in [5.74, 6) is 0.775. The van der Waals surface area contributed by atoms with E-state index < -0.39 is 10.0 Å². The summed E-state index contributed by atoms with van der Waals surface area (Å²) < 4.78 is 30.7. The third-order valence-corrected chi connectivity index (χ3v) is 3.89. The molecule has 2 N–H and O–H groups in total. The second kappa shape index (κ2) is 4.93. The van der Waals surface area contributed by atoms with Gasteiger partial charge < -0.3 is 10.5 Å². The van der Waals surface area contributed by atoms with Gasteiger partial charge in [0.25, 0.3) is 10.0 Å². The predicted molar refractivity (Wildman–Crippen MR) is 71.4 cm³/mol. The molecule has 6 nitrogen and oxygen atoms in total. The van der Waals surface area contributed by atoms with Gasteiger partial charge >= 0.3 is 0 Å². The van der Waals surface area contributed by atoms with Crippen molar-refractivity contribution in [3.8, 4) is 5.75 Å². The molecule has 0 unspecified atom stereocenters. The lowest BCUT2D eigenvalue weighted by Gasteiger charge is -2.10. The summed E-state index contributed by atoms with van der Waals surface area (Å²) in [5.41, 5.74) is 5.42. The first kappa shape index (κ1) is 13.4. The van der Waals surface area contributed by atoms with E-state index in [0.717, 1.165) is 4.09 Å². The first-order chi connectivity index (χ1) is 8.89. The number of aromatic nitrogens is 2. The number of benzene rings is 1. The molecule has 7 heteroatoms. The monoisotopic (exact) mass is 281 g/mol. The van der Waals surface area contributed by atoms with Crippen molar-refractivity contribution in [2.24, 2.45) is 0 Å². The SMILES string of the molecule is CC(C)Oc1ccc(S(=O)(=O)n2ccc(N)n2)cc1. The summed E-state index contributed by atoms with van der Waals surface area (Å²) in [6, 6.07) is 7.60. The Kier molecular flexibility index (Phi) is 3.48. The summed E-state index contributed by atoms with van der Waals surface area (Å²) in [6.07, 6.45) is 1.34. The lowest BCUT2D eigenvalue weighted by Crippen LogP contribution is -2.14. The molecule has 0 radical (unpaired) electrons. The molecule has 0 saturated carbocycles. The molecule has 0 spiro atoms. The van der Waals surface area contributed by atoms with Crippen molar-refractivity contribution in [2.45, 2.75) is 24.8 Å². The zero-order valence-electron chi connectivity index (χ0n) is 10.6. The number of hydrogen-bond donors (Lipinski definition) is 1. The fourth-order valence-corrected chi connectivity index (χ4v) is 2.64. The normalized spacial score (nSPS) is 11.7. The Labute approximate surface area is 111 Å². The van der Waals surface area contributed by atoms with E-state index in [2.05, 4.69) is 5.10 Å². The molecule has 0 aliphatic carbocycles. The van der Waals surface area contributed by atoms with E-state index in [1.165, 1.54) is 24.4 Å². The maximum atomic E-state index is 12.2. The molecule has 19 heavy (non-hydrogen) atoms. The average molecular weight is 281 g/mol. The molecule has 0 saturated heterocycles. The van der Waals surface area contributed by atoms with Crippen LogP contribution in [-0.2, 0) is 10.0 Å². The molecule has 0 amide bonds. The number of hydrogen-bond acceptors (Lipinski definition) is 5. The minimum Gasteiger partial charge on any atom is -0.491 e. The van der Waals surface area contributed by atoms with Crippen molar-refractivity contribution in [1.29, 1.82) is 0 Å². The quantitative estimate of drug-likeness (QED) is 0.917. The van der Waals surface area contributed by atoms with E-state index >= 15 is 0 Å². The Morgan fingerprint density at radius 1 is 1.21 bits per heavy atom. The second-order valence-corrected chi connectivity index (χ2v) is 6.05. The first-order valence-electron chi connectivity index (χ1n) is 5.73.